The molecule has 4 nitrogen and oxygen atoms in total. The number of aliphatic hydroxyl groups is 1. The van der Waals surface area contributed by atoms with E-state index in [4.69, 9.17) is 0 Å². The Labute approximate surface area is 77.6 Å². The molecule has 2 atom stereocenters. The average molecular weight is 181 g/mol. The molecule has 0 aliphatic heterocycles. The molecule has 1 aromatic heterocycles. The fourth-order valence-corrected chi connectivity index (χ4v) is 1.82. The van der Waals surface area contributed by atoms with E-state index in [0.29, 0.717) is 0 Å². The van der Waals surface area contributed by atoms with Crippen LogP contribution in [0.3, 0.4) is 0 Å². The predicted molar refractivity (Wildman–Crippen MR) is 50.5 cm³/mol. The van der Waals surface area contributed by atoms with Gasteiger partial charge in [-0.3, -0.25) is 4.68 Å². The van der Waals surface area contributed by atoms with Crippen LogP contribution in [0.2, 0.25) is 0 Å². The van der Waals surface area contributed by atoms with Gasteiger partial charge >= 0.3 is 0 Å². The van der Waals surface area contributed by atoms with Crippen molar-refractivity contribution in [3.8, 4) is 0 Å². The van der Waals surface area contributed by atoms with Crippen LogP contribution in [0.15, 0.2) is 12.4 Å². The van der Waals surface area contributed by atoms with Gasteiger partial charge in [0, 0.05) is 13.2 Å². The van der Waals surface area contributed by atoms with E-state index >= 15 is 0 Å². The van der Waals surface area contributed by atoms with Crippen molar-refractivity contribution >= 4 is 5.69 Å². The summed E-state index contributed by atoms with van der Waals surface area (Å²) >= 11 is 0. The third-order valence-corrected chi connectivity index (χ3v) is 2.54. The third-order valence-electron chi connectivity index (χ3n) is 2.54. The minimum Gasteiger partial charge on any atom is -0.391 e. The van der Waals surface area contributed by atoms with Crippen molar-refractivity contribution in [2.75, 3.05) is 5.32 Å². The van der Waals surface area contributed by atoms with Gasteiger partial charge in [-0.05, 0) is 19.3 Å². The van der Waals surface area contributed by atoms with Crippen molar-refractivity contribution in [1.82, 2.24) is 9.78 Å². The molecule has 1 fully saturated rings. The monoisotopic (exact) mass is 181 g/mol. The first-order chi connectivity index (χ1) is 6.25. The minimum atomic E-state index is -0.194. The van der Waals surface area contributed by atoms with E-state index in [0.717, 1.165) is 24.9 Å². The molecule has 2 N–H and O–H groups in total. The first-order valence-corrected chi connectivity index (χ1v) is 4.69. The van der Waals surface area contributed by atoms with E-state index in [-0.39, 0.29) is 12.1 Å². The Kier molecular flexibility index (Phi) is 2.22. The second kappa shape index (κ2) is 3.38. The summed E-state index contributed by atoms with van der Waals surface area (Å²) in [6, 6.07) is 0.212. The minimum absolute atomic E-state index is 0.194. The molecule has 0 radical (unpaired) electrons. The smallest absolute Gasteiger partial charge is 0.0741 e. The second-order valence-corrected chi connectivity index (χ2v) is 3.65. The maximum absolute atomic E-state index is 9.57. The molecular formula is C9H15N3O. The topological polar surface area (TPSA) is 50.1 Å². The van der Waals surface area contributed by atoms with Crippen LogP contribution in [0.25, 0.3) is 0 Å². The molecule has 2 rings (SSSR count). The highest BCUT2D eigenvalue weighted by molar-refractivity contribution is 5.39. The molecule has 4 heteroatoms. The summed E-state index contributed by atoms with van der Waals surface area (Å²) in [5.41, 5.74) is 0.994. The van der Waals surface area contributed by atoms with Gasteiger partial charge in [-0.15, -0.1) is 0 Å². The van der Waals surface area contributed by atoms with Crippen molar-refractivity contribution in [3.63, 3.8) is 0 Å². The van der Waals surface area contributed by atoms with Crippen LogP contribution in [0.1, 0.15) is 19.3 Å². The highest BCUT2D eigenvalue weighted by Crippen LogP contribution is 2.22. The van der Waals surface area contributed by atoms with E-state index in [9.17, 15) is 5.11 Å². The summed E-state index contributed by atoms with van der Waals surface area (Å²) in [4.78, 5) is 0. The Bertz CT molecular complexity index is 284. The Hall–Kier alpha value is -1.03. The standard InChI is InChI=1S/C9H15N3O/c1-12-6-7(5-10-12)11-8-3-2-4-9(8)13/h5-6,8-9,11,13H,2-4H2,1H3/t8-,9-/m1/s1. The number of aryl methyl sites for hydroxylation is 1. The van der Waals surface area contributed by atoms with Crippen molar-refractivity contribution in [2.45, 2.75) is 31.4 Å². The van der Waals surface area contributed by atoms with Crippen LogP contribution >= 0.6 is 0 Å². The fraction of sp³-hybridized carbons (Fsp3) is 0.667. The summed E-state index contributed by atoms with van der Waals surface area (Å²) < 4.78 is 1.75. The quantitative estimate of drug-likeness (QED) is 0.707. The number of rotatable bonds is 2. The first-order valence-electron chi connectivity index (χ1n) is 4.69. The van der Waals surface area contributed by atoms with Crippen molar-refractivity contribution in [1.29, 1.82) is 0 Å². The molecule has 1 saturated carbocycles. The van der Waals surface area contributed by atoms with Crippen molar-refractivity contribution in [3.05, 3.63) is 12.4 Å². The predicted octanol–water partition coefficient (Wildman–Crippen LogP) is 0.745. The van der Waals surface area contributed by atoms with Gasteiger partial charge in [0.05, 0.1) is 24.0 Å². The van der Waals surface area contributed by atoms with Gasteiger partial charge in [0.25, 0.3) is 0 Å². The van der Waals surface area contributed by atoms with Crippen LogP contribution < -0.4 is 5.32 Å². The van der Waals surface area contributed by atoms with Crippen LogP contribution in [0.4, 0.5) is 5.69 Å². The van der Waals surface area contributed by atoms with Gasteiger partial charge in [-0.2, -0.15) is 5.10 Å². The number of anilines is 1. The van der Waals surface area contributed by atoms with Crippen molar-refractivity contribution in [2.24, 2.45) is 7.05 Å². The molecule has 1 aromatic rings. The molecular weight excluding hydrogens is 166 g/mol. The molecule has 0 bridgehead atoms. The van der Waals surface area contributed by atoms with E-state index < -0.39 is 0 Å². The maximum atomic E-state index is 9.57. The van der Waals surface area contributed by atoms with E-state index in [1.54, 1.807) is 10.9 Å². The number of hydrogen-bond donors (Lipinski definition) is 2. The number of nitrogens with one attached hydrogen (secondary N) is 1. The van der Waals surface area contributed by atoms with Gasteiger partial charge in [-0.25, -0.2) is 0 Å². The Morgan fingerprint density at radius 3 is 3.00 bits per heavy atom. The van der Waals surface area contributed by atoms with Crippen LogP contribution in [0.5, 0.6) is 0 Å². The maximum Gasteiger partial charge on any atom is 0.0741 e. The molecule has 1 aliphatic rings. The van der Waals surface area contributed by atoms with E-state index in [1.807, 2.05) is 13.2 Å². The normalized spacial score (nSPS) is 27.8. The van der Waals surface area contributed by atoms with Crippen LogP contribution in [-0.2, 0) is 7.05 Å². The fourth-order valence-electron chi connectivity index (χ4n) is 1.82. The lowest BCUT2D eigenvalue weighted by Crippen LogP contribution is -2.27. The molecule has 1 heterocycles. The summed E-state index contributed by atoms with van der Waals surface area (Å²) in [7, 11) is 1.89. The van der Waals surface area contributed by atoms with Gasteiger partial charge in [0.1, 0.15) is 0 Å². The van der Waals surface area contributed by atoms with Crippen LogP contribution in [-0.4, -0.2) is 27.0 Å². The van der Waals surface area contributed by atoms with Gasteiger partial charge in [0.2, 0.25) is 0 Å². The zero-order chi connectivity index (χ0) is 9.26. The Morgan fingerprint density at radius 2 is 2.46 bits per heavy atom. The third kappa shape index (κ3) is 1.83. The molecule has 0 spiro atoms. The zero-order valence-electron chi connectivity index (χ0n) is 7.77. The SMILES string of the molecule is Cn1cc(N[C@@H]2CCC[C@H]2O)cn1. The molecule has 13 heavy (non-hydrogen) atoms. The molecule has 0 saturated heterocycles. The Balaban J connectivity index is 1.97. The summed E-state index contributed by atoms with van der Waals surface area (Å²) in [6.45, 7) is 0. The number of hydrogen-bond acceptors (Lipinski definition) is 3. The Morgan fingerprint density at radius 1 is 1.62 bits per heavy atom. The van der Waals surface area contributed by atoms with Gasteiger partial charge in [0.15, 0.2) is 0 Å². The van der Waals surface area contributed by atoms with Gasteiger partial charge < -0.3 is 10.4 Å². The summed E-state index contributed by atoms with van der Waals surface area (Å²) in [6.07, 6.45) is 6.59. The zero-order valence-corrected chi connectivity index (χ0v) is 7.77. The summed E-state index contributed by atoms with van der Waals surface area (Å²) in [5, 5.41) is 16.9. The lowest BCUT2D eigenvalue weighted by atomic mass is 10.2. The van der Waals surface area contributed by atoms with Crippen LogP contribution in [0, 0.1) is 0 Å². The number of aliphatic hydroxyl groups excluding tert-OH is 1. The number of aromatic nitrogens is 2. The molecule has 0 unspecified atom stereocenters. The molecule has 0 aromatic carbocycles. The summed E-state index contributed by atoms with van der Waals surface area (Å²) in [5.74, 6) is 0. The van der Waals surface area contributed by atoms with Gasteiger partial charge in [-0.1, -0.05) is 0 Å². The average Bonchev–Trinajstić information content (AvgIpc) is 2.64. The second-order valence-electron chi connectivity index (χ2n) is 3.65. The first kappa shape index (κ1) is 8.56. The van der Waals surface area contributed by atoms with Crippen molar-refractivity contribution < 1.29 is 5.11 Å². The lowest BCUT2D eigenvalue weighted by molar-refractivity contribution is 0.172. The lowest BCUT2D eigenvalue weighted by Gasteiger charge is -2.15. The molecule has 0 amide bonds. The number of nitrogens with zero attached hydrogens (tertiary/aromatic N) is 2. The largest absolute Gasteiger partial charge is 0.391 e. The highest BCUT2D eigenvalue weighted by Gasteiger charge is 2.24. The molecule has 72 valence electrons. The van der Waals surface area contributed by atoms with E-state index in [2.05, 4.69) is 10.4 Å². The highest BCUT2D eigenvalue weighted by atomic mass is 16.3. The molecule has 1 aliphatic carbocycles. The van der Waals surface area contributed by atoms with E-state index in [1.165, 1.54) is 0 Å².